The summed E-state index contributed by atoms with van der Waals surface area (Å²) in [5, 5.41) is 3.00. The average Bonchev–Trinajstić information content (AvgIpc) is 2.73. The second-order valence-electron chi connectivity index (χ2n) is 3.29. The van der Waals surface area contributed by atoms with E-state index < -0.39 is 0 Å². The Labute approximate surface area is 91.3 Å². The molecule has 0 atom stereocenters. The Morgan fingerprint density at radius 3 is 3.25 bits per heavy atom. The predicted molar refractivity (Wildman–Crippen MR) is 59.5 cm³/mol. The van der Waals surface area contributed by atoms with Gasteiger partial charge < -0.3 is 15.0 Å². The summed E-state index contributed by atoms with van der Waals surface area (Å²) in [7, 11) is 1.65. The van der Waals surface area contributed by atoms with Crippen molar-refractivity contribution >= 4 is 17.1 Å². The SMILES string of the molecule is COCCCNc1nc2nc[nH]c2c(=O)[nH]1. The number of anilines is 1. The standard InChI is InChI=1S/C9H13N5O2/c1-16-4-2-3-10-9-13-7-6(8(15)14-9)11-5-12-7/h5H,2-4H2,1H3,(H3,10,11,12,13,14,15). The van der Waals surface area contributed by atoms with Gasteiger partial charge >= 0.3 is 0 Å². The molecule has 0 spiro atoms. The van der Waals surface area contributed by atoms with Crippen LogP contribution in [-0.2, 0) is 4.74 Å². The fourth-order valence-corrected chi connectivity index (χ4v) is 1.35. The Morgan fingerprint density at radius 1 is 1.56 bits per heavy atom. The molecule has 0 bridgehead atoms. The number of aromatic nitrogens is 4. The van der Waals surface area contributed by atoms with E-state index in [-0.39, 0.29) is 5.56 Å². The van der Waals surface area contributed by atoms with Gasteiger partial charge in [-0.3, -0.25) is 9.78 Å². The molecule has 0 saturated carbocycles. The number of H-pyrrole nitrogens is 2. The molecule has 16 heavy (non-hydrogen) atoms. The van der Waals surface area contributed by atoms with Gasteiger partial charge in [-0.1, -0.05) is 0 Å². The van der Waals surface area contributed by atoms with Gasteiger partial charge in [-0.15, -0.1) is 0 Å². The molecule has 0 aliphatic heterocycles. The summed E-state index contributed by atoms with van der Waals surface area (Å²) < 4.78 is 4.91. The number of imidazole rings is 1. The van der Waals surface area contributed by atoms with Gasteiger partial charge in [0.15, 0.2) is 11.2 Å². The molecule has 0 radical (unpaired) electrons. The first kappa shape index (κ1) is 10.6. The molecule has 0 aromatic carbocycles. The summed E-state index contributed by atoms with van der Waals surface area (Å²) in [5.74, 6) is 0.431. The molecule has 7 heteroatoms. The molecule has 2 heterocycles. The van der Waals surface area contributed by atoms with Crippen LogP contribution in [0.1, 0.15) is 6.42 Å². The van der Waals surface area contributed by atoms with Crippen LogP contribution in [0.5, 0.6) is 0 Å². The lowest BCUT2D eigenvalue weighted by Crippen LogP contribution is -2.14. The van der Waals surface area contributed by atoms with Crippen molar-refractivity contribution in [2.45, 2.75) is 6.42 Å². The lowest BCUT2D eigenvalue weighted by atomic mass is 10.4. The van der Waals surface area contributed by atoms with Crippen LogP contribution in [0.15, 0.2) is 11.1 Å². The van der Waals surface area contributed by atoms with Gasteiger partial charge in [-0.2, -0.15) is 4.98 Å². The highest BCUT2D eigenvalue weighted by molar-refractivity contribution is 5.69. The topological polar surface area (TPSA) is 95.7 Å². The second kappa shape index (κ2) is 4.75. The predicted octanol–water partition coefficient (Wildman–Crippen LogP) is 0.0946. The lowest BCUT2D eigenvalue weighted by Gasteiger charge is -2.03. The van der Waals surface area contributed by atoms with E-state index in [1.54, 1.807) is 7.11 Å². The monoisotopic (exact) mass is 223 g/mol. The Bertz CT molecular complexity index is 518. The van der Waals surface area contributed by atoms with Crippen LogP contribution < -0.4 is 10.9 Å². The Balaban J connectivity index is 2.10. The fourth-order valence-electron chi connectivity index (χ4n) is 1.35. The summed E-state index contributed by atoms with van der Waals surface area (Å²) in [5.41, 5.74) is 0.581. The second-order valence-corrected chi connectivity index (χ2v) is 3.29. The molecule has 3 N–H and O–H groups in total. The van der Waals surface area contributed by atoms with Gasteiger partial charge in [0.25, 0.3) is 5.56 Å². The maximum atomic E-state index is 11.5. The normalized spacial score (nSPS) is 10.8. The van der Waals surface area contributed by atoms with Gasteiger partial charge in [0.05, 0.1) is 6.33 Å². The minimum absolute atomic E-state index is 0.225. The number of methoxy groups -OCH3 is 1. The zero-order valence-electron chi connectivity index (χ0n) is 8.91. The third-order valence-electron chi connectivity index (χ3n) is 2.11. The molecule has 0 saturated heterocycles. The number of aromatic amines is 2. The van der Waals surface area contributed by atoms with E-state index in [1.807, 2.05) is 0 Å². The fraction of sp³-hybridized carbons (Fsp3) is 0.444. The van der Waals surface area contributed by atoms with Crippen molar-refractivity contribution in [1.29, 1.82) is 0 Å². The lowest BCUT2D eigenvalue weighted by molar-refractivity contribution is 0.197. The van der Waals surface area contributed by atoms with Gasteiger partial charge in [0.1, 0.15) is 0 Å². The van der Waals surface area contributed by atoms with E-state index in [0.29, 0.717) is 30.3 Å². The number of fused-ring (bicyclic) bond motifs is 1. The highest BCUT2D eigenvalue weighted by Crippen LogP contribution is 2.02. The van der Waals surface area contributed by atoms with Crippen LogP contribution in [0.2, 0.25) is 0 Å². The molecule has 2 aromatic heterocycles. The van der Waals surface area contributed by atoms with Crippen LogP contribution in [0.25, 0.3) is 11.2 Å². The molecule has 2 rings (SSSR count). The highest BCUT2D eigenvalue weighted by atomic mass is 16.5. The summed E-state index contributed by atoms with van der Waals surface area (Å²) in [6.45, 7) is 1.36. The van der Waals surface area contributed by atoms with Gasteiger partial charge in [-0.05, 0) is 6.42 Å². The first-order chi connectivity index (χ1) is 7.81. The van der Waals surface area contributed by atoms with Crippen molar-refractivity contribution in [2.24, 2.45) is 0 Å². The van der Waals surface area contributed by atoms with E-state index in [1.165, 1.54) is 6.33 Å². The molecule has 0 unspecified atom stereocenters. The quantitative estimate of drug-likeness (QED) is 0.624. The summed E-state index contributed by atoms with van der Waals surface area (Å²) in [6, 6.07) is 0. The van der Waals surface area contributed by atoms with E-state index in [9.17, 15) is 4.79 Å². The number of hydrogen-bond donors (Lipinski definition) is 3. The van der Waals surface area contributed by atoms with E-state index >= 15 is 0 Å². The van der Waals surface area contributed by atoms with Gasteiger partial charge in [0.2, 0.25) is 5.95 Å². The Kier molecular flexibility index (Phi) is 3.16. The molecular formula is C9H13N5O2. The number of hydrogen-bond acceptors (Lipinski definition) is 5. The first-order valence-electron chi connectivity index (χ1n) is 4.97. The summed E-state index contributed by atoms with van der Waals surface area (Å²) in [6.07, 6.45) is 2.29. The van der Waals surface area contributed by atoms with Crippen molar-refractivity contribution in [3.8, 4) is 0 Å². The maximum Gasteiger partial charge on any atom is 0.278 e. The Hall–Kier alpha value is -1.89. The number of nitrogens with zero attached hydrogens (tertiary/aromatic N) is 2. The van der Waals surface area contributed by atoms with Crippen molar-refractivity contribution in [3.05, 3.63) is 16.7 Å². The molecular weight excluding hydrogens is 210 g/mol. The van der Waals surface area contributed by atoms with Crippen molar-refractivity contribution < 1.29 is 4.74 Å². The van der Waals surface area contributed by atoms with Crippen LogP contribution in [0, 0.1) is 0 Å². The average molecular weight is 223 g/mol. The van der Waals surface area contributed by atoms with Gasteiger partial charge in [-0.25, -0.2) is 4.98 Å². The first-order valence-corrected chi connectivity index (χ1v) is 4.97. The molecule has 7 nitrogen and oxygen atoms in total. The van der Waals surface area contributed by atoms with Crippen LogP contribution in [0.4, 0.5) is 5.95 Å². The zero-order valence-corrected chi connectivity index (χ0v) is 8.91. The zero-order chi connectivity index (χ0) is 11.4. The minimum Gasteiger partial charge on any atom is -0.385 e. The van der Waals surface area contributed by atoms with Crippen LogP contribution >= 0.6 is 0 Å². The maximum absolute atomic E-state index is 11.5. The van der Waals surface area contributed by atoms with Crippen molar-refractivity contribution in [3.63, 3.8) is 0 Å². The van der Waals surface area contributed by atoms with Gasteiger partial charge in [0, 0.05) is 20.3 Å². The molecule has 0 amide bonds. The smallest absolute Gasteiger partial charge is 0.278 e. The van der Waals surface area contributed by atoms with Crippen LogP contribution in [0.3, 0.4) is 0 Å². The third-order valence-corrected chi connectivity index (χ3v) is 2.11. The van der Waals surface area contributed by atoms with E-state index in [2.05, 4.69) is 25.3 Å². The van der Waals surface area contributed by atoms with Crippen molar-refractivity contribution in [2.75, 3.05) is 25.6 Å². The largest absolute Gasteiger partial charge is 0.385 e. The third kappa shape index (κ3) is 2.19. The summed E-state index contributed by atoms with van der Waals surface area (Å²) >= 11 is 0. The molecule has 0 fully saturated rings. The van der Waals surface area contributed by atoms with Crippen LogP contribution in [-0.4, -0.2) is 40.2 Å². The molecule has 0 aliphatic carbocycles. The number of rotatable bonds is 5. The molecule has 2 aromatic rings. The van der Waals surface area contributed by atoms with Crippen molar-refractivity contribution in [1.82, 2.24) is 19.9 Å². The minimum atomic E-state index is -0.225. The molecule has 0 aliphatic rings. The number of nitrogens with one attached hydrogen (secondary N) is 3. The Morgan fingerprint density at radius 2 is 2.44 bits per heavy atom. The molecule has 86 valence electrons. The summed E-state index contributed by atoms with van der Waals surface area (Å²) in [4.78, 5) is 24.9. The van der Waals surface area contributed by atoms with E-state index in [4.69, 9.17) is 4.74 Å². The van der Waals surface area contributed by atoms with E-state index in [0.717, 1.165) is 6.42 Å². The highest BCUT2D eigenvalue weighted by Gasteiger charge is 2.04. The number of ether oxygens (including phenoxy) is 1.